The van der Waals surface area contributed by atoms with Crippen molar-refractivity contribution in [3.63, 3.8) is 0 Å². The van der Waals surface area contributed by atoms with Crippen molar-refractivity contribution < 1.29 is 14.0 Å². The van der Waals surface area contributed by atoms with Gasteiger partial charge in [0.2, 0.25) is 0 Å². The third kappa shape index (κ3) is 5.41. The Hall–Kier alpha value is -3.65. The first-order valence-corrected chi connectivity index (χ1v) is 8.35. The molecule has 0 saturated heterocycles. The molecule has 0 radical (unpaired) electrons. The van der Waals surface area contributed by atoms with Gasteiger partial charge in [0.05, 0.1) is 17.8 Å². The first kappa shape index (κ1) is 18.2. The van der Waals surface area contributed by atoms with E-state index >= 15 is 0 Å². The van der Waals surface area contributed by atoms with Crippen molar-refractivity contribution in [3.05, 3.63) is 101 Å². The van der Waals surface area contributed by atoms with Gasteiger partial charge < -0.3 is 9.57 Å². The molecule has 0 aliphatic rings. The highest BCUT2D eigenvalue weighted by atomic mass is 19.1. The highest BCUT2D eigenvalue weighted by molar-refractivity contribution is 5.79. The summed E-state index contributed by atoms with van der Waals surface area (Å²) in [5, 5.41) is 13.0. The molecule has 5 heteroatoms. The maximum absolute atomic E-state index is 12.9. The summed E-state index contributed by atoms with van der Waals surface area (Å²) in [6.45, 7) is 0.605. The second kappa shape index (κ2) is 9.16. The first-order chi connectivity index (χ1) is 13.2. The number of benzene rings is 3. The van der Waals surface area contributed by atoms with E-state index in [0.717, 1.165) is 16.7 Å². The lowest BCUT2D eigenvalue weighted by Crippen LogP contribution is -1.95. The Kier molecular flexibility index (Phi) is 6.16. The number of halogens is 1. The molecule has 0 unspecified atom stereocenters. The summed E-state index contributed by atoms with van der Waals surface area (Å²) in [7, 11) is 0. The predicted molar refractivity (Wildman–Crippen MR) is 101 cm³/mol. The SMILES string of the molecule is N#Cc1ccccc1CO/N=C\c1ccc(OCc2ccc(F)cc2)cc1. The Balaban J connectivity index is 1.49. The average Bonchev–Trinajstić information content (AvgIpc) is 2.72. The van der Waals surface area contributed by atoms with Gasteiger partial charge in [-0.05, 0) is 53.6 Å². The summed E-state index contributed by atoms with van der Waals surface area (Å²) >= 11 is 0. The molecular formula is C22H17FN2O2. The van der Waals surface area contributed by atoms with Gasteiger partial charge in [0.15, 0.2) is 0 Å². The Morgan fingerprint density at radius 2 is 1.67 bits per heavy atom. The van der Waals surface area contributed by atoms with Gasteiger partial charge in [0.1, 0.15) is 24.8 Å². The van der Waals surface area contributed by atoms with Crippen molar-refractivity contribution in [3.8, 4) is 11.8 Å². The number of ether oxygens (including phenoxy) is 1. The van der Waals surface area contributed by atoms with Crippen LogP contribution in [-0.2, 0) is 18.1 Å². The van der Waals surface area contributed by atoms with Gasteiger partial charge in [-0.15, -0.1) is 0 Å². The smallest absolute Gasteiger partial charge is 0.143 e. The van der Waals surface area contributed by atoms with Crippen molar-refractivity contribution in [1.82, 2.24) is 0 Å². The van der Waals surface area contributed by atoms with E-state index in [2.05, 4.69) is 11.2 Å². The summed E-state index contributed by atoms with van der Waals surface area (Å²) in [6, 6.07) is 22.9. The second-order valence-electron chi connectivity index (χ2n) is 5.76. The minimum absolute atomic E-state index is 0.235. The van der Waals surface area contributed by atoms with Crippen LogP contribution in [0.3, 0.4) is 0 Å². The van der Waals surface area contributed by atoms with E-state index in [1.54, 1.807) is 24.4 Å². The molecule has 3 aromatic carbocycles. The zero-order valence-electron chi connectivity index (χ0n) is 14.5. The predicted octanol–water partition coefficient (Wildman–Crippen LogP) is 4.83. The van der Waals surface area contributed by atoms with Crippen molar-refractivity contribution in [2.75, 3.05) is 0 Å². The lowest BCUT2D eigenvalue weighted by molar-refractivity contribution is 0.132. The van der Waals surface area contributed by atoms with Gasteiger partial charge in [-0.2, -0.15) is 5.26 Å². The zero-order chi connectivity index (χ0) is 18.9. The Labute approximate surface area is 157 Å². The van der Waals surface area contributed by atoms with Crippen LogP contribution >= 0.6 is 0 Å². The minimum Gasteiger partial charge on any atom is -0.489 e. The lowest BCUT2D eigenvalue weighted by Gasteiger charge is -2.06. The molecule has 0 aromatic heterocycles. The van der Waals surface area contributed by atoms with Gasteiger partial charge >= 0.3 is 0 Å². The number of hydrogen-bond acceptors (Lipinski definition) is 4. The van der Waals surface area contributed by atoms with Crippen LogP contribution in [0.5, 0.6) is 5.75 Å². The summed E-state index contributed by atoms with van der Waals surface area (Å²) in [6.07, 6.45) is 1.60. The summed E-state index contributed by atoms with van der Waals surface area (Å²) in [5.41, 5.74) is 3.13. The van der Waals surface area contributed by atoms with Crippen LogP contribution in [0, 0.1) is 17.1 Å². The molecule has 0 atom stereocenters. The molecule has 3 rings (SSSR count). The molecular weight excluding hydrogens is 343 g/mol. The van der Waals surface area contributed by atoms with Gasteiger partial charge in [0.25, 0.3) is 0 Å². The van der Waals surface area contributed by atoms with E-state index in [1.165, 1.54) is 12.1 Å². The number of nitriles is 1. The fourth-order valence-electron chi connectivity index (χ4n) is 2.36. The van der Waals surface area contributed by atoms with Crippen molar-refractivity contribution in [2.24, 2.45) is 5.16 Å². The first-order valence-electron chi connectivity index (χ1n) is 8.35. The monoisotopic (exact) mass is 360 g/mol. The highest BCUT2D eigenvalue weighted by Gasteiger charge is 2.00. The highest BCUT2D eigenvalue weighted by Crippen LogP contribution is 2.14. The Morgan fingerprint density at radius 3 is 2.41 bits per heavy atom. The maximum atomic E-state index is 12.9. The summed E-state index contributed by atoms with van der Waals surface area (Å²) < 4.78 is 18.5. The quantitative estimate of drug-likeness (QED) is 0.448. The third-order valence-electron chi connectivity index (χ3n) is 3.83. The van der Waals surface area contributed by atoms with Gasteiger partial charge in [-0.3, -0.25) is 0 Å². The molecule has 0 spiro atoms. The van der Waals surface area contributed by atoms with Gasteiger partial charge in [0, 0.05) is 5.56 Å². The summed E-state index contributed by atoms with van der Waals surface area (Å²) in [4.78, 5) is 5.27. The molecule has 0 saturated carbocycles. The number of nitrogens with zero attached hydrogens (tertiary/aromatic N) is 2. The van der Waals surface area contributed by atoms with E-state index in [1.807, 2.05) is 42.5 Å². The van der Waals surface area contributed by atoms with Crippen molar-refractivity contribution in [2.45, 2.75) is 13.2 Å². The molecule has 0 heterocycles. The van der Waals surface area contributed by atoms with Crippen LogP contribution in [-0.4, -0.2) is 6.21 Å². The van der Waals surface area contributed by atoms with E-state index in [-0.39, 0.29) is 12.4 Å². The molecule has 134 valence electrons. The molecule has 27 heavy (non-hydrogen) atoms. The topological polar surface area (TPSA) is 54.6 Å². The molecule has 0 aliphatic carbocycles. The number of oxime groups is 1. The van der Waals surface area contributed by atoms with E-state index in [4.69, 9.17) is 14.8 Å². The molecule has 0 aliphatic heterocycles. The largest absolute Gasteiger partial charge is 0.489 e. The Morgan fingerprint density at radius 1 is 0.926 bits per heavy atom. The molecule has 0 bridgehead atoms. The zero-order valence-corrected chi connectivity index (χ0v) is 14.5. The standard InChI is InChI=1S/C22H17FN2O2/c23-21-9-5-18(6-10-21)15-26-22-11-7-17(8-12-22)14-25-27-16-20-4-2-1-3-19(20)13-24/h1-12,14H,15-16H2/b25-14-. The second-order valence-corrected chi connectivity index (χ2v) is 5.76. The van der Waals surface area contributed by atoms with E-state index in [9.17, 15) is 4.39 Å². The average molecular weight is 360 g/mol. The third-order valence-corrected chi connectivity index (χ3v) is 3.83. The molecule has 0 fully saturated rings. The minimum atomic E-state index is -0.263. The summed E-state index contributed by atoms with van der Waals surface area (Å²) in [5.74, 6) is 0.445. The van der Waals surface area contributed by atoms with Crippen LogP contribution in [0.2, 0.25) is 0 Å². The van der Waals surface area contributed by atoms with Crippen molar-refractivity contribution in [1.29, 1.82) is 5.26 Å². The normalized spacial score (nSPS) is 10.5. The lowest BCUT2D eigenvalue weighted by atomic mass is 10.1. The van der Waals surface area contributed by atoms with Crippen molar-refractivity contribution >= 4 is 6.21 Å². The number of hydrogen-bond donors (Lipinski definition) is 0. The van der Waals surface area contributed by atoms with Crippen LogP contribution in [0.25, 0.3) is 0 Å². The maximum Gasteiger partial charge on any atom is 0.143 e. The van der Waals surface area contributed by atoms with Crippen LogP contribution in [0.15, 0.2) is 78.0 Å². The van der Waals surface area contributed by atoms with Crippen LogP contribution in [0.4, 0.5) is 4.39 Å². The molecule has 0 N–H and O–H groups in total. The molecule has 4 nitrogen and oxygen atoms in total. The Bertz CT molecular complexity index is 945. The fourth-order valence-corrected chi connectivity index (χ4v) is 2.36. The van der Waals surface area contributed by atoms with Gasteiger partial charge in [-0.1, -0.05) is 35.5 Å². The molecule has 3 aromatic rings. The van der Waals surface area contributed by atoms with Crippen LogP contribution in [0.1, 0.15) is 22.3 Å². The van der Waals surface area contributed by atoms with E-state index in [0.29, 0.717) is 17.9 Å². The molecule has 0 amide bonds. The van der Waals surface area contributed by atoms with E-state index < -0.39 is 0 Å². The van der Waals surface area contributed by atoms with Gasteiger partial charge in [-0.25, -0.2) is 4.39 Å². The van der Waals surface area contributed by atoms with Crippen LogP contribution < -0.4 is 4.74 Å². The fraction of sp³-hybridized carbons (Fsp3) is 0.0909. The number of rotatable bonds is 7.